The fourth-order valence-corrected chi connectivity index (χ4v) is 0.223. The second-order valence-electron chi connectivity index (χ2n) is 1.33. The lowest BCUT2D eigenvalue weighted by atomic mass is 10.4. The number of methoxy groups -OCH3 is 1. The van der Waals surface area contributed by atoms with Gasteiger partial charge in [0.1, 0.15) is 0 Å². The van der Waals surface area contributed by atoms with E-state index in [-0.39, 0.29) is 0 Å². The van der Waals surface area contributed by atoms with Gasteiger partial charge in [0.05, 0.1) is 7.11 Å². The number of hydrogen-bond donors (Lipinski definition) is 1. The summed E-state index contributed by atoms with van der Waals surface area (Å²) < 4.78 is 4.25. The molecule has 0 aliphatic rings. The van der Waals surface area contributed by atoms with Gasteiger partial charge in [-0.3, -0.25) is 0 Å². The standard InChI is InChI=1S/C4H8N2O2/c1-3(6-5)4(7)8-2/h3,5H,1-2H3. The number of nitrogens with zero attached hydrogens (tertiary/aromatic N) is 1. The van der Waals surface area contributed by atoms with E-state index in [9.17, 15) is 4.79 Å². The Labute approximate surface area is 47.3 Å². The first-order valence-corrected chi connectivity index (χ1v) is 2.16. The lowest BCUT2D eigenvalue weighted by molar-refractivity contribution is -0.141. The Bertz CT molecular complexity index is 102. The van der Waals surface area contributed by atoms with Gasteiger partial charge in [-0.2, -0.15) is 5.11 Å². The Hall–Kier alpha value is -0.930. The quantitative estimate of drug-likeness (QED) is 0.423. The maximum Gasteiger partial charge on any atom is 0.332 e. The molecule has 0 aliphatic heterocycles. The lowest BCUT2D eigenvalue weighted by Crippen LogP contribution is -2.14. The Balaban J connectivity index is 3.62. The zero-order valence-corrected chi connectivity index (χ0v) is 4.84. The summed E-state index contributed by atoms with van der Waals surface area (Å²) in [5.41, 5.74) is 6.37. The van der Waals surface area contributed by atoms with Crippen LogP contribution >= 0.6 is 0 Å². The summed E-state index contributed by atoms with van der Waals surface area (Å²) in [4.78, 5) is 10.3. The van der Waals surface area contributed by atoms with Crippen molar-refractivity contribution in [2.45, 2.75) is 13.0 Å². The summed E-state index contributed by atoms with van der Waals surface area (Å²) in [6.45, 7) is 1.50. The molecular weight excluding hydrogens is 108 g/mol. The summed E-state index contributed by atoms with van der Waals surface area (Å²) >= 11 is 0. The molecule has 4 nitrogen and oxygen atoms in total. The monoisotopic (exact) mass is 116 g/mol. The average Bonchev–Trinajstić information content (AvgIpc) is 1.84. The third kappa shape index (κ3) is 1.68. The fourth-order valence-electron chi connectivity index (χ4n) is 0.223. The van der Waals surface area contributed by atoms with Crippen molar-refractivity contribution in [1.29, 1.82) is 5.53 Å². The van der Waals surface area contributed by atoms with Crippen molar-refractivity contribution < 1.29 is 9.53 Å². The van der Waals surface area contributed by atoms with Crippen LogP contribution in [0.15, 0.2) is 5.11 Å². The van der Waals surface area contributed by atoms with E-state index in [2.05, 4.69) is 9.85 Å². The number of hydrogen-bond acceptors (Lipinski definition) is 4. The van der Waals surface area contributed by atoms with E-state index in [0.29, 0.717) is 0 Å². The number of rotatable bonds is 2. The van der Waals surface area contributed by atoms with Crippen molar-refractivity contribution >= 4 is 5.97 Å². The summed E-state index contributed by atoms with van der Waals surface area (Å²) in [6.07, 6.45) is 0. The first-order chi connectivity index (χ1) is 3.72. The van der Waals surface area contributed by atoms with Crippen LogP contribution in [0.4, 0.5) is 0 Å². The highest BCUT2D eigenvalue weighted by Gasteiger charge is 2.08. The zero-order valence-electron chi connectivity index (χ0n) is 4.84. The highest BCUT2D eigenvalue weighted by Crippen LogP contribution is 1.89. The van der Waals surface area contributed by atoms with Gasteiger partial charge in [0.25, 0.3) is 0 Å². The normalized spacial score (nSPS) is 12.2. The van der Waals surface area contributed by atoms with Crippen LogP contribution in [0.25, 0.3) is 0 Å². The molecule has 8 heavy (non-hydrogen) atoms. The molecule has 0 fully saturated rings. The molecule has 0 amide bonds. The number of carbonyl (C=O) groups excluding carboxylic acids is 1. The number of carbonyl (C=O) groups is 1. The molecule has 1 unspecified atom stereocenters. The summed E-state index contributed by atoms with van der Waals surface area (Å²) in [5, 5.41) is 2.93. The molecular formula is C4H8N2O2. The van der Waals surface area contributed by atoms with Crippen LogP contribution in [-0.4, -0.2) is 19.1 Å². The van der Waals surface area contributed by atoms with Gasteiger partial charge in [-0.25, -0.2) is 10.3 Å². The Kier molecular flexibility index (Phi) is 2.76. The van der Waals surface area contributed by atoms with Crippen LogP contribution in [0.5, 0.6) is 0 Å². The highest BCUT2D eigenvalue weighted by molar-refractivity contribution is 5.74. The second kappa shape index (κ2) is 3.12. The maximum absolute atomic E-state index is 10.3. The van der Waals surface area contributed by atoms with Crippen molar-refractivity contribution in [1.82, 2.24) is 0 Å². The molecule has 0 saturated carbocycles. The van der Waals surface area contributed by atoms with Gasteiger partial charge < -0.3 is 4.74 Å². The summed E-state index contributed by atoms with van der Waals surface area (Å²) in [5.74, 6) is -0.472. The third-order valence-electron chi connectivity index (χ3n) is 0.736. The van der Waals surface area contributed by atoms with E-state index in [1.807, 2.05) is 0 Å². The van der Waals surface area contributed by atoms with E-state index in [1.54, 1.807) is 0 Å². The Morgan fingerprint density at radius 3 is 2.50 bits per heavy atom. The topological polar surface area (TPSA) is 62.5 Å². The van der Waals surface area contributed by atoms with Gasteiger partial charge in [0.15, 0.2) is 6.04 Å². The van der Waals surface area contributed by atoms with E-state index in [4.69, 9.17) is 5.53 Å². The number of ether oxygens (including phenoxy) is 1. The molecule has 0 bridgehead atoms. The minimum absolute atomic E-state index is 0.472. The summed E-state index contributed by atoms with van der Waals surface area (Å²) in [7, 11) is 1.27. The zero-order chi connectivity index (χ0) is 6.57. The molecule has 0 radical (unpaired) electrons. The molecule has 0 aliphatic carbocycles. The molecule has 0 rings (SSSR count). The molecule has 0 aromatic heterocycles. The van der Waals surface area contributed by atoms with Gasteiger partial charge in [-0.1, -0.05) is 0 Å². The molecule has 4 heteroatoms. The van der Waals surface area contributed by atoms with Crippen LogP contribution in [0.1, 0.15) is 6.92 Å². The first-order valence-electron chi connectivity index (χ1n) is 2.16. The Morgan fingerprint density at radius 2 is 2.38 bits per heavy atom. The molecule has 0 spiro atoms. The van der Waals surface area contributed by atoms with Gasteiger partial charge in [-0.05, 0) is 6.92 Å². The van der Waals surface area contributed by atoms with Crippen LogP contribution in [-0.2, 0) is 9.53 Å². The van der Waals surface area contributed by atoms with Crippen molar-refractivity contribution in [3.8, 4) is 0 Å². The molecule has 0 heterocycles. The predicted molar refractivity (Wildman–Crippen MR) is 26.6 cm³/mol. The second-order valence-corrected chi connectivity index (χ2v) is 1.33. The minimum Gasteiger partial charge on any atom is -0.467 e. The van der Waals surface area contributed by atoms with Crippen molar-refractivity contribution in [3.05, 3.63) is 0 Å². The maximum atomic E-state index is 10.3. The molecule has 1 N–H and O–H groups in total. The smallest absolute Gasteiger partial charge is 0.332 e. The van der Waals surface area contributed by atoms with Gasteiger partial charge in [0.2, 0.25) is 0 Å². The van der Waals surface area contributed by atoms with Crippen LogP contribution in [0.3, 0.4) is 0 Å². The SMILES string of the molecule is COC(=O)C(C)N=N. The van der Waals surface area contributed by atoms with Crippen LogP contribution in [0.2, 0.25) is 0 Å². The predicted octanol–water partition coefficient (Wildman–Crippen LogP) is 0.579. The van der Waals surface area contributed by atoms with Crippen LogP contribution in [0, 0.1) is 5.53 Å². The van der Waals surface area contributed by atoms with Gasteiger partial charge in [-0.15, -0.1) is 0 Å². The average molecular weight is 116 g/mol. The molecule has 0 aromatic rings. The lowest BCUT2D eigenvalue weighted by Gasteiger charge is -1.97. The minimum atomic E-state index is -0.653. The van der Waals surface area contributed by atoms with Crippen LogP contribution < -0.4 is 0 Å². The largest absolute Gasteiger partial charge is 0.467 e. The molecule has 46 valence electrons. The van der Waals surface area contributed by atoms with Crippen molar-refractivity contribution in [2.24, 2.45) is 5.11 Å². The highest BCUT2D eigenvalue weighted by atomic mass is 16.5. The van der Waals surface area contributed by atoms with Crippen molar-refractivity contribution in [2.75, 3.05) is 7.11 Å². The van der Waals surface area contributed by atoms with E-state index in [1.165, 1.54) is 14.0 Å². The molecule has 1 atom stereocenters. The number of esters is 1. The van der Waals surface area contributed by atoms with E-state index in [0.717, 1.165) is 0 Å². The molecule has 0 saturated heterocycles. The molecule has 0 aromatic carbocycles. The first kappa shape index (κ1) is 7.07. The fraction of sp³-hybridized carbons (Fsp3) is 0.750. The Morgan fingerprint density at radius 1 is 1.88 bits per heavy atom. The number of nitrogens with one attached hydrogen (secondary N) is 1. The third-order valence-corrected chi connectivity index (χ3v) is 0.736. The van der Waals surface area contributed by atoms with Crippen molar-refractivity contribution in [3.63, 3.8) is 0 Å². The van der Waals surface area contributed by atoms with Gasteiger partial charge in [0, 0.05) is 0 Å². The van der Waals surface area contributed by atoms with E-state index < -0.39 is 12.0 Å². The summed E-state index contributed by atoms with van der Waals surface area (Å²) in [6, 6.07) is -0.653. The van der Waals surface area contributed by atoms with E-state index >= 15 is 0 Å². The van der Waals surface area contributed by atoms with Gasteiger partial charge >= 0.3 is 5.97 Å².